The van der Waals surface area contributed by atoms with Crippen LogP contribution in [0.25, 0.3) is 6.08 Å². The van der Waals surface area contributed by atoms with Crippen LogP contribution in [-0.4, -0.2) is 11.7 Å². The monoisotopic (exact) mass is 264 g/mol. The first-order valence-corrected chi connectivity index (χ1v) is 7.16. The number of benzene rings is 1. The highest BCUT2D eigenvalue weighted by Crippen LogP contribution is 2.31. The molecule has 0 amide bonds. The van der Waals surface area contributed by atoms with Crippen molar-refractivity contribution in [3.05, 3.63) is 39.9 Å². The van der Waals surface area contributed by atoms with Gasteiger partial charge in [-0.3, -0.25) is 0 Å². The lowest BCUT2D eigenvalue weighted by atomic mass is 9.83. The van der Waals surface area contributed by atoms with Crippen LogP contribution < -0.4 is 0 Å². The molecular formula is C16H21ClO. The predicted octanol–water partition coefficient (Wildman–Crippen LogP) is 4.60. The average Bonchev–Trinajstić information content (AvgIpc) is 2.39. The topological polar surface area (TPSA) is 20.2 Å². The van der Waals surface area contributed by atoms with Gasteiger partial charge in [0.25, 0.3) is 0 Å². The van der Waals surface area contributed by atoms with Gasteiger partial charge in [-0.25, -0.2) is 0 Å². The minimum atomic E-state index is 0.173. The predicted molar refractivity (Wildman–Crippen MR) is 77.8 cm³/mol. The van der Waals surface area contributed by atoms with E-state index >= 15 is 0 Å². The lowest BCUT2D eigenvalue weighted by Crippen LogP contribution is -2.11. The van der Waals surface area contributed by atoms with Gasteiger partial charge in [0.05, 0.1) is 6.61 Å². The molecule has 0 aliphatic heterocycles. The minimum absolute atomic E-state index is 0.173. The number of rotatable bonds is 3. The molecule has 98 valence electrons. The first-order valence-electron chi connectivity index (χ1n) is 6.78. The van der Waals surface area contributed by atoms with Crippen LogP contribution >= 0.6 is 11.6 Å². The van der Waals surface area contributed by atoms with Crippen LogP contribution in [0.4, 0.5) is 0 Å². The highest BCUT2D eigenvalue weighted by Gasteiger charge is 2.17. The van der Waals surface area contributed by atoms with Crippen molar-refractivity contribution in [1.82, 2.24) is 0 Å². The Kier molecular flexibility index (Phi) is 4.85. The van der Waals surface area contributed by atoms with E-state index in [4.69, 9.17) is 11.6 Å². The van der Waals surface area contributed by atoms with Crippen LogP contribution in [0.15, 0.2) is 23.8 Å². The van der Waals surface area contributed by atoms with Gasteiger partial charge < -0.3 is 5.11 Å². The van der Waals surface area contributed by atoms with Crippen molar-refractivity contribution < 1.29 is 5.11 Å². The molecular weight excluding hydrogens is 244 g/mol. The molecule has 0 saturated heterocycles. The van der Waals surface area contributed by atoms with E-state index in [0.717, 1.165) is 5.02 Å². The van der Waals surface area contributed by atoms with E-state index in [0.29, 0.717) is 5.92 Å². The van der Waals surface area contributed by atoms with Crippen molar-refractivity contribution in [2.75, 3.05) is 6.61 Å². The van der Waals surface area contributed by atoms with Crippen molar-refractivity contribution in [3.8, 4) is 0 Å². The summed E-state index contributed by atoms with van der Waals surface area (Å²) in [4.78, 5) is 0. The Hall–Kier alpha value is -0.790. The van der Waals surface area contributed by atoms with Gasteiger partial charge in [0.2, 0.25) is 0 Å². The summed E-state index contributed by atoms with van der Waals surface area (Å²) in [6, 6.07) is 5.93. The largest absolute Gasteiger partial charge is 0.392 e. The van der Waals surface area contributed by atoms with E-state index in [2.05, 4.69) is 13.0 Å². The van der Waals surface area contributed by atoms with E-state index in [-0.39, 0.29) is 6.61 Å². The lowest BCUT2D eigenvalue weighted by Gasteiger charge is -2.23. The zero-order valence-corrected chi connectivity index (χ0v) is 11.7. The summed E-state index contributed by atoms with van der Waals surface area (Å²) >= 11 is 5.97. The number of aliphatic hydroxyl groups excluding tert-OH is 1. The molecule has 1 nitrogen and oxygen atoms in total. The maximum absolute atomic E-state index is 9.59. The molecule has 1 aromatic carbocycles. The Bertz CT molecular complexity index is 431. The van der Waals surface area contributed by atoms with Gasteiger partial charge in [-0.05, 0) is 54.5 Å². The van der Waals surface area contributed by atoms with E-state index in [1.54, 1.807) is 0 Å². The second-order valence-corrected chi connectivity index (χ2v) is 5.65. The molecule has 0 heterocycles. The molecule has 0 atom stereocenters. The van der Waals surface area contributed by atoms with Crippen molar-refractivity contribution >= 4 is 17.7 Å². The summed E-state index contributed by atoms with van der Waals surface area (Å²) < 4.78 is 0. The van der Waals surface area contributed by atoms with Gasteiger partial charge >= 0.3 is 0 Å². The number of halogens is 1. The van der Waals surface area contributed by atoms with Gasteiger partial charge in [0, 0.05) is 5.02 Å². The van der Waals surface area contributed by atoms with Crippen LogP contribution in [0.2, 0.25) is 5.02 Å². The van der Waals surface area contributed by atoms with Gasteiger partial charge in [0.15, 0.2) is 0 Å². The SMILES string of the molecule is Cc1cc(Cl)ccc1/C=C(/CO)C1CCCCC1. The maximum atomic E-state index is 9.59. The van der Waals surface area contributed by atoms with Crippen LogP contribution in [0.1, 0.15) is 43.2 Å². The molecule has 18 heavy (non-hydrogen) atoms. The molecule has 1 aliphatic carbocycles. The Balaban J connectivity index is 2.22. The molecule has 0 unspecified atom stereocenters. The zero-order chi connectivity index (χ0) is 13.0. The number of aliphatic hydroxyl groups is 1. The summed E-state index contributed by atoms with van der Waals surface area (Å²) in [7, 11) is 0. The first kappa shape index (κ1) is 13.6. The fourth-order valence-corrected chi connectivity index (χ4v) is 2.99. The minimum Gasteiger partial charge on any atom is -0.392 e. The van der Waals surface area contributed by atoms with Gasteiger partial charge in [-0.15, -0.1) is 0 Å². The highest BCUT2D eigenvalue weighted by atomic mass is 35.5. The first-order chi connectivity index (χ1) is 8.70. The molecule has 1 aliphatic rings. The van der Waals surface area contributed by atoms with E-state index < -0.39 is 0 Å². The van der Waals surface area contributed by atoms with Gasteiger partial charge in [-0.2, -0.15) is 0 Å². The molecule has 2 rings (SSSR count). The Morgan fingerprint density at radius 2 is 2.06 bits per heavy atom. The van der Waals surface area contributed by atoms with Crippen molar-refractivity contribution in [1.29, 1.82) is 0 Å². The third-order valence-corrected chi connectivity index (χ3v) is 4.12. The maximum Gasteiger partial charge on any atom is 0.0647 e. The third-order valence-electron chi connectivity index (χ3n) is 3.88. The summed E-state index contributed by atoms with van der Waals surface area (Å²) in [5.74, 6) is 0.568. The van der Waals surface area contributed by atoms with E-state index in [9.17, 15) is 5.11 Å². The average molecular weight is 265 g/mol. The van der Waals surface area contributed by atoms with Crippen LogP contribution in [0, 0.1) is 12.8 Å². The third kappa shape index (κ3) is 3.37. The highest BCUT2D eigenvalue weighted by molar-refractivity contribution is 6.30. The van der Waals surface area contributed by atoms with Crippen molar-refractivity contribution in [2.45, 2.75) is 39.0 Å². The standard InChI is InChI=1S/C16H21ClO/c1-12-9-16(17)8-7-14(12)10-15(11-18)13-5-3-2-4-6-13/h7-10,13,18H,2-6,11H2,1H3/b15-10-. The second kappa shape index (κ2) is 6.40. The van der Waals surface area contributed by atoms with Crippen molar-refractivity contribution in [2.24, 2.45) is 5.92 Å². The number of hydrogen-bond donors (Lipinski definition) is 1. The fourth-order valence-electron chi connectivity index (χ4n) is 2.77. The zero-order valence-electron chi connectivity index (χ0n) is 11.0. The molecule has 0 aromatic heterocycles. The van der Waals surface area contributed by atoms with Crippen LogP contribution in [0.3, 0.4) is 0 Å². The molecule has 1 aromatic rings. The summed E-state index contributed by atoms with van der Waals surface area (Å²) in [5, 5.41) is 10.4. The molecule has 0 radical (unpaired) electrons. The Labute approximate surface area is 114 Å². The molecule has 1 N–H and O–H groups in total. The molecule has 0 spiro atoms. The van der Waals surface area contributed by atoms with Crippen LogP contribution in [0.5, 0.6) is 0 Å². The smallest absolute Gasteiger partial charge is 0.0647 e. The second-order valence-electron chi connectivity index (χ2n) is 5.21. The molecule has 0 bridgehead atoms. The van der Waals surface area contributed by atoms with Gasteiger partial charge in [-0.1, -0.05) is 43.0 Å². The molecule has 1 fully saturated rings. The van der Waals surface area contributed by atoms with Crippen molar-refractivity contribution in [3.63, 3.8) is 0 Å². The Morgan fingerprint density at radius 1 is 1.33 bits per heavy atom. The normalized spacial score (nSPS) is 18.1. The summed E-state index contributed by atoms with van der Waals surface area (Å²) in [5.41, 5.74) is 3.53. The fraction of sp³-hybridized carbons (Fsp3) is 0.500. The lowest BCUT2D eigenvalue weighted by molar-refractivity contribution is 0.295. The quantitative estimate of drug-likeness (QED) is 0.846. The van der Waals surface area contributed by atoms with E-state index in [1.807, 2.05) is 18.2 Å². The number of aryl methyl sites for hydroxylation is 1. The van der Waals surface area contributed by atoms with E-state index in [1.165, 1.54) is 48.8 Å². The van der Waals surface area contributed by atoms with Gasteiger partial charge in [0.1, 0.15) is 0 Å². The number of hydrogen-bond acceptors (Lipinski definition) is 1. The summed E-state index contributed by atoms with van der Waals surface area (Å²) in [6.07, 6.45) is 8.53. The molecule has 1 saturated carbocycles. The van der Waals surface area contributed by atoms with Crippen LogP contribution in [-0.2, 0) is 0 Å². The molecule has 2 heteroatoms. The summed E-state index contributed by atoms with van der Waals surface area (Å²) in [6.45, 7) is 2.24. The Morgan fingerprint density at radius 3 is 2.67 bits per heavy atom.